The van der Waals surface area contributed by atoms with Crippen LogP contribution in [-0.4, -0.2) is 26.1 Å². The number of aromatic nitrogens is 1. The molecule has 3 N–H and O–H groups in total. The fourth-order valence-corrected chi connectivity index (χ4v) is 2.22. The number of nitrogens with zero attached hydrogens (tertiary/aromatic N) is 2. The summed E-state index contributed by atoms with van der Waals surface area (Å²) in [5.41, 5.74) is 1.46. The summed E-state index contributed by atoms with van der Waals surface area (Å²) in [4.78, 5) is 4.27. The zero-order valence-electron chi connectivity index (χ0n) is 9.66. The molecule has 0 radical (unpaired) electrons. The van der Waals surface area contributed by atoms with Crippen molar-refractivity contribution in [1.82, 2.24) is 4.98 Å². The second-order valence-corrected chi connectivity index (χ2v) is 4.85. The van der Waals surface area contributed by atoms with Crippen LogP contribution in [0.4, 0.5) is 0 Å². The average molecular weight is 264 g/mol. The first kappa shape index (κ1) is 12.4. The summed E-state index contributed by atoms with van der Waals surface area (Å²) < 4.78 is 0. The Balaban J connectivity index is 2.29. The van der Waals surface area contributed by atoms with Gasteiger partial charge in [-0.2, -0.15) is 0 Å². The lowest BCUT2D eigenvalue weighted by Crippen LogP contribution is -2.06. The Morgan fingerprint density at radius 1 is 1.39 bits per heavy atom. The van der Waals surface area contributed by atoms with E-state index in [0.717, 1.165) is 10.7 Å². The minimum absolute atomic E-state index is 0.0435. The van der Waals surface area contributed by atoms with Gasteiger partial charge in [-0.1, -0.05) is 5.16 Å². The first-order chi connectivity index (χ1) is 8.60. The molecule has 0 aliphatic carbocycles. The van der Waals surface area contributed by atoms with E-state index >= 15 is 0 Å². The molecule has 0 saturated heterocycles. The molecule has 18 heavy (non-hydrogen) atoms. The highest BCUT2D eigenvalue weighted by atomic mass is 32.1. The van der Waals surface area contributed by atoms with E-state index in [9.17, 15) is 10.2 Å². The maximum atomic E-state index is 9.71. The average Bonchev–Trinajstić information content (AvgIpc) is 2.72. The number of benzene rings is 1. The molecule has 0 unspecified atom stereocenters. The van der Waals surface area contributed by atoms with Gasteiger partial charge < -0.3 is 15.4 Å². The monoisotopic (exact) mass is 264 g/mol. The third kappa shape index (κ3) is 2.60. The Labute approximate surface area is 108 Å². The summed E-state index contributed by atoms with van der Waals surface area (Å²) >= 11 is 1.51. The molecule has 2 rings (SSSR count). The Hall–Kier alpha value is -2.08. The highest BCUT2D eigenvalue weighted by Gasteiger charge is 2.12. The largest absolute Gasteiger partial charge is 0.508 e. The normalized spacial score (nSPS) is 11.7. The summed E-state index contributed by atoms with van der Waals surface area (Å²) in [5.74, 6) is -0.173. The van der Waals surface area contributed by atoms with Crippen molar-refractivity contribution in [3.05, 3.63) is 39.8 Å². The van der Waals surface area contributed by atoms with Gasteiger partial charge in [-0.3, -0.25) is 0 Å². The molecule has 0 aliphatic heterocycles. The van der Waals surface area contributed by atoms with Gasteiger partial charge in [0, 0.05) is 23.4 Å². The van der Waals surface area contributed by atoms with Gasteiger partial charge in [-0.15, -0.1) is 11.3 Å². The van der Waals surface area contributed by atoms with Crippen molar-refractivity contribution in [2.24, 2.45) is 5.16 Å². The topological polar surface area (TPSA) is 85.9 Å². The number of phenolic OH excluding ortho intramolecular Hbond substituents is 2. The molecule has 2 aromatic rings. The lowest BCUT2D eigenvalue weighted by Gasteiger charge is -2.06. The minimum atomic E-state index is -0.130. The van der Waals surface area contributed by atoms with Crippen LogP contribution in [0.3, 0.4) is 0 Å². The predicted octanol–water partition coefficient (Wildman–Crippen LogP) is 2.28. The van der Waals surface area contributed by atoms with Gasteiger partial charge in [0.05, 0.1) is 16.4 Å². The number of oxime groups is 1. The molecule has 0 spiro atoms. The van der Waals surface area contributed by atoms with Crippen molar-refractivity contribution in [3.63, 3.8) is 0 Å². The molecule has 0 aliphatic rings. The zero-order chi connectivity index (χ0) is 13.1. The highest BCUT2D eigenvalue weighted by molar-refractivity contribution is 7.09. The minimum Gasteiger partial charge on any atom is -0.508 e. The van der Waals surface area contributed by atoms with E-state index in [-0.39, 0.29) is 11.5 Å². The Morgan fingerprint density at radius 2 is 2.17 bits per heavy atom. The van der Waals surface area contributed by atoms with Crippen LogP contribution < -0.4 is 0 Å². The Morgan fingerprint density at radius 3 is 2.72 bits per heavy atom. The summed E-state index contributed by atoms with van der Waals surface area (Å²) in [6, 6.07) is 4.12. The standard InChI is InChI=1S/C12H12N2O3S/c1-7-13-8(6-18-7)4-11(14-17)10-3-2-9(15)5-12(10)16/h2-3,5-6,15-17H,4H2,1H3. The van der Waals surface area contributed by atoms with Crippen molar-refractivity contribution >= 4 is 17.0 Å². The smallest absolute Gasteiger partial charge is 0.128 e. The molecule has 94 valence electrons. The fraction of sp³-hybridized carbons (Fsp3) is 0.167. The SMILES string of the molecule is Cc1nc(CC(=NO)c2ccc(O)cc2O)cs1. The van der Waals surface area contributed by atoms with Crippen molar-refractivity contribution < 1.29 is 15.4 Å². The number of aryl methyl sites for hydroxylation is 1. The molecule has 0 saturated carbocycles. The number of hydrogen-bond donors (Lipinski definition) is 3. The lowest BCUT2D eigenvalue weighted by molar-refractivity contribution is 0.318. The van der Waals surface area contributed by atoms with Gasteiger partial charge in [0.1, 0.15) is 11.5 Å². The third-order valence-electron chi connectivity index (χ3n) is 2.43. The van der Waals surface area contributed by atoms with Crippen molar-refractivity contribution in [2.45, 2.75) is 13.3 Å². The van der Waals surface area contributed by atoms with Crippen LogP contribution >= 0.6 is 11.3 Å². The number of hydrogen-bond acceptors (Lipinski definition) is 6. The van der Waals surface area contributed by atoms with E-state index in [1.54, 1.807) is 0 Å². The molecule has 6 heteroatoms. The van der Waals surface area contributed by atoms with Gasteiger partial charge >= 0.3 is 0 Å². The van der Waals surface area contributed by atoms with Gasteiger partial charge in [0.25, 0.3) is 0 Å². The molecule has 0 amide bonds. The van der Waals surface area contributed by atoms with E-state index in [2.05, 4.69) is 10.1 Å². The fourth-order valence-electron chi connectivity index (χ4n) is 1.61. The molecule has 5 nitrogen and oxygen atoms in total. The first-order valence-corrected chi connectivity index (χ1v) is 6.12. The molecule has 1 aromatic carbocycles. The number of phenols is 2. The maximum Gasteiger partial charge on any atom is 0.128 e. The summed E-state index contributed by atoms with van der Waals surface area (Å²) in [6.45, 7) is 1.89. The molecule has 1 aromatic heterocycles. The number of aromatic hydroxyl groups is 2. The van der Waals surface area contributed by atoms with E-state index < -0.39 is 0 Å². The van der Waals surface area contributed by atoms with Crippen LogP contribution in [0, 0.1) is 6.92 Å². The molecule has 0 fully saturated rings. The molecular weight excluding hydrogens is 252 g/mol. The van der Waals surface area contributed by atoms with Gasteiger partial charge in [-0.05, 0) is 19.1 Å². The summed E-state index contributed by atoms with van der Waals surface area (Å²) in [5, 5.41) is 33.9. The summed E-state index contributed by atoms with van der Waals surface area (Å²) in [7, 11) is 0. The highest BCUT2D eigenvalue weighted by Crippen LogP contribution is 2.24. The van der Waals surface area contributed by atoms with Crippen molar-refractivity contribution in [3.8, 4) is 11.5 Å². The van der Waals surface area contributed by atoms with Gasteiger partial charge in [0.15, 0.2) is 0 Å². The second-order valence-electron chi connectivity index (χ2n) is 3.78. The van der Waals surface area contributed by atoms with E-state index in [4.69, 9.17) is 5.21 Å². The molecule has 0 bridgehead atoms. The lowest BCUT2D eigenvalue weighted by atomic mass is 10.0. The van der Waals surface area contributed by atoms with Crippen LogP contribution in [0.1, 0.15) is 16.3 Å². The Bertz CT molecular complexity index is 593. The van der Waals surface area contributed by atoms with Gasteiger partial charge in [0.2, 0.25) is 0 Å². The molecule has 0 atom stereocenters. The van der Waals surface area contributed by atoms with Crippen LogP contribution in [0.5, 0.6) is 11.5 Å². The van der Waals surface area contributed by atoms with Crippen molar-refractivity contribution in [1.29, 1.82) is 0 Å². The first-order valence-electron chi connectivity index (χ1n) is 5.24. The quantitative estimate of drug-likeness (QED) is 0.451. The van der Waals surface area contributed by atoms with Crippen molar-refractivity contribution in [2.75, 3.05) is 0 Å². The zero-order valence-corrected chi connectivity index (χ0v) is 10.5. The molecule has 1 heterocycles. The summed E-state index contributed by atoms with van der Waals surface area (Å²) in [6.07, 6.45) is 0.319. The van der Waals surface area contributed by atoms with E-state index in [0.29, 0.717) is 17.7 Å². The van der Waals surface area contributed by atoms with Gasteiger partial charge in [-0.25, -0.2) is 4.98 Å². The van der Waals surface area contributed by atoms with E-state index in [1.807, 2.05) is 12.3 Å². The molecular formula is C12H12N2O3S. The Kier molecular flexibility index (Phi) is 3.47. The van der Waals surface area contributed by atoms with Crippen LogP contribution in [0.25, 0.3) is 0 Å². The van der Waals surface area contributed by atoms with Crippen LogP contribution in [0.2, 0.25) is 0 Å². The van der Waals surface area contributed by atoms with E-state index in [1.165, 1.54) is 29.5 Å². The number of thiazole rings is 1. The van der Waals surface area contributed by atoms with Crippen LogP contribution in [0.15, 0.2) is 28.7 Å². The second kappa shape index (κ2) is 5.05. The number of rotatable bonds is 3. The maximum absolute atomic E-state index is 9.71. The third-order valence-corrected chi connectivity index (χ3v) is 3.25. The predicted molar refractivity (Wildman–Crippen MR) is 68.7 cm³/mol. The van der Waals surface area contributed by atoms with Crippen LogP contribution in [-0.2, 0) is 6.42 Å².